The molecule has 0 atom stereocenters. The molecule has 1 aliphatic carbocycles. The quantitative estimate of drug-likeness (QED) is 0.480. The van der Waals surface area contributed by atoms with Gasteiger partial charge in [0.05, 0.1) is 11.1 Å². The van der Waals surface area contributed by atoms with Gasteiger partial charge in [-0.15, -0.1) is 0 Å². The summed E-state index contributed by atoms with van der Waals surface area (Å²) in [6.45, 7) is 0.198. The maximum Gasteiger partial charge on any atom is 0.350 e. The van der Waals surface area contributed by atoms with Crippen LogP contribution in [0.4, 0.5) is 5.69 Å². The van der Waals surface area contributed by atoms with E-state index in [1.165, 1.54) is 7.05 Å². The van der Waals surface area contributed by atoms with Gasteiger partial charge in [0.2, 0.25) is 0 Å². The predicted molar refractivity (Wildman–Crippen MR) is 68.1 cm³/mol. The third-order valence-electron chi connectivity index (χ3n) is 3.30. The van der Waals surface area contributed by atoms with Crippen LogP contribution in [0.3, 0.4) is 0 Å². The van der Waals surface area contributed by atoms with Crippen molar-refractivity contribution in [2.24, 2.45) is 12.5 Å². The monoisotopic (exact) mass is 271 g/mol. The van der Waals surface area contributed by atoms with E-state index in [1.54, 1.807) is 0 Å². The van der Waals surface area contributed by atoms with Crippen molar-refractivity contribution in [3.05, 3.63) is 37.1 Å². The smallest absolute Gasteiger partial charge is 0.297 e. The highest BCUT2D eigenvalue weighted by Gasteiger charge is 2.42. The Morgan fingerprint density at radius 2 is 2.11 bits per heavy atom. The first-order chi connectivity index (χ1) is 8.40. The number of rotatable bonds is 4. The number of nitrogens with zero attached hydrogens (tertiary/aromatic N) is 3. The minimum absolute atomic E-state index is 0.158. The van der Waals surface area contributed by atoms with Gasteiger partial charge >= 0.3 is 16.9 Å². The standard InChI is InChI=1S/C10H13N3O4S/c1-11-4-7(13(16)17)8(14)12(9(11)15)5-10(6-18)2-3-10/h4,18H,2-3,5-6H2,1H3. The van der Waals surface area contributed by atoms with Gasteiger partial charge in [0, 0.05) is 13.6 Å². The van der Waals surface area contributed by atoms with E-state index < -0.39 is 21.9 Å². The lowest BCUT2D eigenvalue weighted by Gasteiger charge is -2.13. The Balaban J connectivity index is 2.55. The molecular weight excluding hydrogens is 258 g/mol. The van der Waals surface area contributed by atoms with Crippen molar-refractivity contribution in [3.8, 4) is 0 Å². The van der Waals surface area contributed by atoms with Crippen LogP contribution in [0.15, 0.2) is 15.8 Å². The van der Waals surface area contributed by atoms with E-state index in [0.29, 0.717) is 5.75 Å². The van der Waals surface area contributed by atoms with Gasteiger partial charge in [0.25, 0.3) is 0 Å². The van der Waals surface area contributed by atoms with Crippen molar-refractivity contribution in [2.75, 3.05) is 5.75 Å². The molecule has 2 rings (SSSR count). The highest BCUT2D eigenvalue weighted by molar-refractivity contribution is 7.80. The SMILES string of the molecule is Cn1cc([N+](=O)[O-])c(=O)n(CC2(CS)CC2)c1=O. The molecule has 0 N–H and O–H groups in total. The van der Waals surface area contributed by atoms with Gasteiger partial charge in [-0.1, -0.05) is 0 Å². The molecule has 1 saturated carbocycles. The van der Waals surface area contributed by atoms with E-state index in [9.17, 15) is 19.7 Å². The van der Waals surface area contributed by atoms with Crippen LogP contribution in [0.5, 0.6) is 0 Å². The van der Waals surface area contributed by atoms with E-state index in [0.717, 1.165) is 28.2 Å². The molecule has 0 unspecified atom stereocenters. The minimum atomic E-state index is -0.837. The van der Waals surface area contributed by atoms with Crippen molar-refractivity contribution in [3.63, 3.8) is 0 Å². The molecule has 0 spiro atoms. The van der Waals surface area contributed by atoms with Crippen molar-refractivity contribution in [1.82, 2.24) is 9.13 Å². The zero-order valence-electron chi connectivity index (χ0n) is 9.83. The third kappa shape index (κ3) is 2.07. The summed E-state index contributed by atoms with van der Waals surface area (Å²) in [4.78, 5) is 33.7. The zero-order chi connectivity index (χ0) is 13.5. The Bertz CT molecular complexity index is 615. The highest BCUT2D eigenvalue weighted by atomic mass is 32.1. The van der Waals surface area contributed by atoms with Crippen LogP contribution in [-0.4, -0.2) is 19.8 Å². The molecule has 0 saturated heterocycles. The molecule has 1 aliphatic rings. The van der Waals surface area contributed by atoms with Crippen molar-refractivity contribution >= 4 is 18.3 Å². The van der Waals surface area contributed by atoms with E-state index in [1.807, 2.05) is 0 Å². The Morgan fingerprint density at radius 3 is 2.56 bits per heavy atom. The van der Waals surface area contributed by atoms with Gasteiger partial charge in [0.15, 0.2) is 0 Å². The fourth-order valence-electron chi connectivity index (χ4n) is 1.85. The molecule has 1 heterocycles. The summed E-state index contributed by atoms with van der Waals surface area (Å²) in [7, 11) is 1.39. The van der Waals surface area contributed by atoms with Crippen LogP contribution < -0.4 is 11.2 Å². The Morgan fingerprint density at radius 1 is 1.50 bits per heavy atom. The maximum atomic E-state index is 11.9. The summed E-state index contributed by atoms with van der Waals surface area (Å²) < 4.78 is 2.01. The van der Waals surface area contributed by atoms with Crippen LogP contribution in [-0.2, 0) is 13.6 Å². The molecule has 0 bridgehead atoms. The summed E-state index contributed by atoms with van der Waals surface area (Å²) in [5, 5.41) is 10.8. The van der Waals surface area contributed by atoms with Crippen molar-refractivity contribution in [1.29, 1.82) is 0 Å². The molecule has 1 aromatic heterocycles. The van der Waals surface area contributed by atoms with Crippen LogP contribution in [0, 0.1) is 15.5 Å². The fraction of sp³-hybridized carbons (Fsp3) is 0.600. The van der Waals surface area contributed by atoms with Gasteiger partial charge in [-0.3, -0.25) is 24.0 Å². The van der Waals surface area contributed by atoms with Crippen LogP contribution in [0.1, 0.15) is 12.8 Å². The topological polar surface area (TPSA) is 87.1 Å². The van der Waals surface area contributed by atoms with Gasteiger partial charge in [-0.05, 0) is 24.0 Å². The lowest BCUT2D eigenvalue weighted by molar-refractivity contribution is -0.387. The van der Waals surface area contributed by atoms with E-state index in [-0.39, 0.29) is 12.0 Å². The lowest BCUT2D eigenvalue weighted by Crippen LogP contribution is -2.41. The highest BCUT2D eigenvalue weighted by Crippen LogP contribution is 2.47. The molecule has 7 nitrogen and oxygen atoms in total. The lowest BCUT2D eigenvalue weighted by atomic mass is 10.1. The van der Waals surface area contributed by atoms with Crippen LogP contribution in [0.2, 0.25) is 0 Å². The first-order valence-electron chi connectivity index (χ1n) is 5.46. The van der Waals surface area contributed by atoms with Crippen LogP contribution >= 0.6 is 12.6 Å². The van der Waals surface area contributed by atoms with E-state index in [2.05, 4.69) is 12.6 Å². The average molecular weight is 271 g/mol. The summed E-state index contributed by atoms with van der Waals surface area (Å²) in [5.74, 6) is 0.561. The number of aryl methyl sites for hydroxylation is 1. The number of aromatic nitrogens is 2. The second-order valence-corrected chi connectivity index (χ2v) is 5.03. The normalized spacial score (nSPS) is 16.6. The number of thiol groups is 1. The Hall–Kier alpha value is -1.57. The van der Waals surface area contributed by atoms with E-state index in [4.69, 9.17) is 0 Å². The number of hydrogen-bond donors (Lipinski definition) is 1. The maximum absolute atomic E-state index is 11.9. The summed E-state index contributed by atoms with van der Waals surface area (Å²) >= 11 is 4.20. The molecule has 18 heavy (non-hydrogen) atoms. The second-order valence-electron chi connectivity index (χ2n) is 4.71. The van der Waals surface area contributed by atoms with Crippen LogP contribution in [0.25, 0.3) is 0 Å². The largest absolute Gasteiger partial charge is 0.350 e. The molecule has 0 aliphatic heterocycles. The van der Waals surface area contributed by atoms with Crippen molar-refractivity contribution < 1.29 is 4.92 Å². The number of hydrogen-bond acceptors (Lipinski definition) is 5. The molecule has 0 aromatic carbocycles. The van der Waals surface area contributed by atoms with Crippen molar-refractivity contribution in [2.45, 2.75) is 19.4 Å². The fourth-order valence-corrected chi connectivity index (χ4v) is 2.27. The Labute approximate surface area is 108 Å². The van der Waals surface area contributed by atoms with Gasteiger partial charge < -0.3 is 0 Å². The van der Waals surface area contributed by atoms with Gasteiger partial charge in [-0.25, -0.2) is 4.79 Å². The molecule has 98 valence electrons. The molecule has 8 heteroatoms. The molecule has 1 aromatic rings. The molecular formula is C10H13N3O4S. The van der Waals surface area contributed by atoms with Gasteiger partial charge in [-0.2, -0.15) is 12.6 Å². The predicted octanol–water partition coefficient (Wildman–Crippen LogP) is 0.165. The summed E-state index contributed by atoms with van der Waals surface area (Å²) in [5.41, 5.74) is -2.10. The molecule has 0 amide bonds. The van der Waals surface area contributed by atoms with E-state index >= 15 is 0 Å². The second kappa shape index (κ2) is 4.27. The zero-order valence-corrected chi connectivity index (χ0v) is 10.7. The first kappa shape index (κ1) is 12.9. The average Bonchev–Trinajstić information content (AvgIpc) is 3.09. The summed E-state index contributed by atoms with van der Waals surface area (Å²) in [6.07, 6.45) is 2.73. The molecule has 0 radical (unpaired) electrons. The third-order valence-corrected chi connectivity index (χ3v) is 3.97. The first-order valence-corrected chi connectivity index (χ1v) is 6.09. The Kier molecular flexibility index (Phi) is 3.05. The summed E-state index contributed by atoms with van der Waals surface area (Å²) in [6, 6.07) is 0. The minimum Gasteiger partial charge on any atom is -0.297 e. The number of nitro groups is 1. The van der Waals surface area contributed by atoms with Gasteiger partial charge in [0.1, 0.15) is 0 Å². The molecule has 1 fully saturated rings.